The fourth-order valence-corrected chi connectivity index (χ4v) is 15.4. The maximum atomic E-state index is 12.5. The van der Waals surface area contributed by atoms with E-state index in [0.29, 0.717) is 84.7 Å². The Bertz CT molecular complexity index is 5240. The Balaban J connectivity index is 0.000000332. The number of carbonyl (C=O) groups is 8. The number of H-pyrrole nitrogens is 2. The number of aliphatic hydroxyl groups is 1. The number of alkyl halides is 14. The van der Waals surface area contributed by atoms with Crippen LogP contribution >= 0.6 is 77.9 Å². The molecular weight excluding hydrogens is 2080 g/mol. The van der Waals surface area contributed by atoms with Gasteiger partial charge in [-0.2, -0.15) is 63.2 Å². The van der Waals surface area contributed by atoms with Crippen LogP contribution in [0.2, 0.25) is 0 Å². The van der Waals surface area contributed by atoms with Gasteiger partial charge in [0.25, 0.3) is 5.56 Å². The Morgan fingerprint density at radius 1 is 0.489 bits per heavy atom. The van der Waals surface area contributed by atoms with E-state index < -0.39 is 65.7 Å². The number of aromatic amines is 2. The van der Waals surface area contributed by atoms with E-state index in [0.717, 1.165) is 68.8 Å². The smallest absolute Gasteiger partial charge is 0.400 e. The van der Waals surface area contributed by atoms with Gasteiger partial charge in [-0.05, 0) is 212 Å². The molecule has 1 saturated carbocycles. The van der Waals surface area contributed by atoms with Crippen LogP contribution in [0.5, 0.6) is 0 Å². The van der Waals surface area contributed by atoms with E-state index >= 15 is 0 Å². The maximum absolute atomic E-state index is 12.5. The van der Waals surface area contributed by atoms with Crippen LogP contribution in [-0.2, 0) is 40.0 Å². The van der Waals surface area contributed by atoms with E-state index in [1.54, 1.807) is 83.2 Å². The normalized spacial score (nSPS) is 14.7. The van der Waals surface area contributed by atoms with Gasteiger partial charge in [0.2, 0.25) is 4.69 Å². The van der Waals surface area contributed by atoms with Crippen LogP contribution in [0.3, 0.4) is 0 Å². The molecule has 22 nitrogen and oxygen atoms in total. The molecule has 4 saturated heterocycles. The zero-order chi connectivity index (χ0) is 102. The third-order valence-corrected chi connectivity index (χ3v) is 24.3. The van der Waals surface area contributed by atoms with Crippen LogP contribution in [0, 0.1) is 22.7 Å². The minimum atomic E-state index is -5.09. The molecule has 137 heavy (non-hydrogen) atoms. The van der Waals surface area contributed by atoms with Crippen molar-refractivity contribution < 1.29 is 101 Å². The molecule has 14 rings (SSSR count). The second-order valence-electron chi connectivity index (χ2n) is 31.1. The van der Waals surface area contributed by atoms with Gasteiger partial charge in [-0.1, -0.05) is 205 Å². The predicted octanol–water partition coefficient (Wildman–Crippen LogP) is 22.0. The molecule has 4 aromatic heterocycles. The first-order valence-electron chi connectivity index (χ1n) is 43.7. The van der Waals surface area contributed by atoms with E-state index in [2.05, 4.69) is 148 Å². The minimum Gasteiger partial charge on any atom is -0.400 e. The largest absolute Gasteiger partial charge is 0.643 e. The number of aromatic nitrogens is 4. The van der Waals surface area contributed by atoms with Gasteiger partial charge in [0.05, 0.1) is 22.9 Å². The number of esters is 2. The molecule has 8 heterocycles. The van der Waals surface area contributed by atoms with Crippen molar-refractivity contribution in [2.24, 2.45) is 0 Å². The summed E-state index contributed by atoms with van der Waals surface area (Å²) in [6.07, 6.45) is 0.364. The fraction of sp³-hybridized carbons (Fsp3) is 0.427. The Hall–Kier alpha value is -9.43. The van der Waals surface area contributed by atoms with Gasteiger partial charge in [0.15, 0.2) is 11.6 Å². The lowest BCUT2D eigenvalue weighted by Crippen LogP contribution is -2.45. The number of benzene rings is 5. The van der Waals surface area contributed by atoms with Crippen molar-refractivity contribution in [3.05, 3.63) is 255 Å². The van der Waals surface area contributed by atoms with Crippen LogP contribution in [0.4, 0.5) is 52.7 Å². The molecule has 0 radical (unpaired) electrons. The Labute approximate surface area is 830 Å². The van der Waals surface area contributed by atoms with Crippen LogP contribution < -0.4 is 10.9 Å². The summed E-state index contributed by atoms with van der Waals surface area (Å²) >= 11 is 6.99. The summed E-state index contributed by atoms with van der Waals surface area (Å²) in [5, 5.41) is 28.2. The second-order valence-corrected chi connectivity index (χ2v) is 39.5. The first kappa shape index (κ1) is 120. The van der Waals surface area contributed by atoms with Gasteiger partial charge in [0.1, 0.15) is 29.0 Å². The molecule has 5 aliphatic rings. The summed E-state index contributed by atoms with van der Waals surface area (Å²) in [5.74, 6) is -7.23. The number of hydrogen-bond acceptors (Lipinski definition) is 15. The van der Waals surface area contributed by atoms with Crippen molar-refractivity contribution in [1.82, 2.24) is 43.9 Å². The average molecular weight is 2200 g/mol. The number of ketones is 2. The molecule has 0 bridgehead atoms. The molecular formula is C96H110AlBr3Cl3F12N11O11. The molecule has 1 aliphatic carbocycles. The molecule has 0 unspecified atom stereocenters. The number of nitrogens with zero attached hydrogens (tertiary/aromatic N) is 8. The first-order chi connectivity index (χ1) is 65.0. The SMILES string of the molecule is CC(=O)OC(=O)C(F)(F)F.CCN(CC)CC.CO.N#Cc1ccc[nH]1.N#Cc1cccn1CC(=O)c1ccc(C2CCN(C(=O)C(F)(F)F)CC2)cc1.O=C(Br)CBr.O=C(CBr)c1ccc(C2CCN(C(=O)C(F)(F)F)CC2)cc1.O=C(N1CCC(c2ccccc2)CC1)C(F)(F)F.O=c1[nH]c(-c2ccc(C3CCNCC3)cc2)cn2cccc12.[Cl][Al]([Cl])[Cl].c1ccc(C2CCCCC2)cc1. The van der Waals surface area contributed by atoms with Crippen molar-refractivity contribution in [1.29, 1.82) is 10.5 Å². The van der Waals surface area contributed by atoms with Gasteiger partial charge in [-0.3, -0.25) is 38.4 Å². The van der Waals surface area contributed by atoms with Gasteiger partial charge >= 0.3 is 65.7 Å². The zero-order valence-electron chi connectivity index (χ0n) is 75.9. The average Bonchev–Trinajstić information content (AvgIpc) is 1.76. The number of likely N-dealkylation sites (tertiary alicyclic amines) is 3. The minimum absolute atomic E-state index is 0.0162. The van der Waals surface area contributed by atoms with Crippen molar-refractivity contribution in [3.63, 3.8) is 0 Å². The Morgan fingerprint density at radius 3 is 1.20 bits per heavy atom. The molecule has 0 atom stereocenters. The Kier molecular flexibility index (Phi) is 54.8. The lowest BCUT2D eigenvalue weighted by molar-refractivity contribution is -0.201. The standard InChI is InChI=1S/C20H18F3N3O2.C18H19N3O.C15H15BrF3NO2.C13H14F3NO.C12H16.C6H15N.C5H4N2.C4H3F3O3.C2H2Br2O.CH4O.Al.3ClH/c21-20(22,23)19(28)25-10-7-15(8-11-25)14-3-5-16(6-4-14)18(27)13-26-9-1-2-17(26)12-24;22-18-17-2-1-11-21(17)12-16(20-18)15-5-3-13(4-6-15)14-7-9-19-10-8-14;16-9-13(21)12-3-1-10(2-4-12)11-5-7-20(8-6-11)14(22)15(17,18)19;14-13(15,16)12(18)17-8-6-11(7-9-17)10-4-2-1-3-5-10;1-3-7-11(8-4-1)12-9-5-2-6-10-12;1-4-7(5-2)6-3;6-4-5-2-1-3-7-5;1-2(8)10-3(9)4(5,6)7;3-1-2(4)5;1-2;;;;/h1-6,9,15H,7-8,10-11,13H2;1-6,11-12,14,19H,7-10H2,(H,20,22);1-4,11H,5-9H2;1-5,11H,6-9H2;1,3-4,7-8,12H,2,5-6,9-10H2;4-6H2,1-3H3;1-3,7H;1H3;1H2;2H,1H3;;3*1H/q;;;;;;;;;;+3;;;/p-3. The lowest BCUT2D eigenvalue weighted by atomic mass is 9.84. The number of hydrogen-bond donors (Lipinski definition) is 4. The van der Waals surface area contributed by atoms with E-state index in [9.17, 15) is 95.8 Å². The number of nitrogens with one attached hydrogen (secondary N) is 3. The molecule has 9 aromatic rings. The maximum Gasteiger partial charge on any atom is 0.643 e. The number of halogens is 18. The van der Waals surface area contributed by atoms with E-state index in [1.807, 2.05) is 83.5 Å². The zero-order valence-corrected chi connectivity index (χ0v) is 84.1. The molecule has 41 heteroatoms. The lowest BCUT2D eigenvalue weighted by Gasteiger charge is -2.32. The van der Waals surface area contributed by atoms with Gasteiger partial charge in [0, 0.05) is 89.2 Å². The molecule has 744 valence electrons. The highest BCUT2D eigenvalue weighted by molar-refractivity contribution is 9.19. The van der Waals surface area contributed by atoms with Crippen molar-refractivity contribution >= 4 is 141 Å². The van der Waals surface area contributed by atoms with Crippen LogP contribution in [0.25, 0.3) is 16.8 Å². The highest BCUT2D eigenvalue weighted by Gasteiger charge is 2.46. The van der Waals surface area contributed by atoms with Gasteiger partial charge in [-0.25, -0.2) is 34.9 Å². The molecule has 4 N–H and O–H groups in total. The number of carbonyl (C=O) groups excluding carboxylic acids is 8. The monoisotopic (exact) mass is 2190 g/mol. The summed E-state index contributed by atoms with van der Waals surface area (Å²) in [4.78, 5) is 109. The van der Waals surface area contributed by atoms with E-state index in [1.165, 1.54) is 70.1 Å². The predicted molar refractivity (Wildman–Crippen MR) is 516 cm³/mol. The number of aliphatic hydroxyl groups excluding tert-OH is 1. The topological polar surface area (TPSA) is 297 Å². The number of Topliss-reactive ketones (excluding diaryl/α,β-unsaturated/α-hetero) is 2. The number of piperidine rings is 4. The van der Waals surface area contributed by atoms with Crippen molar-refractivity contribution in [2.75, 3.05) is 89.8 Å². The highest BCUT2D eigenvalue weighted by atomic mass is 79.9. The van der Waals surface area contributed by atoms with Crippen molar-refractivity contribution in [3.8, 4) is 23.4 Å². The molecule has 4 aliphatic heterocycles. The summed E-state index contributed by atoms with van der Waals surface area (Å²) in [5.41, 5.74) is 10.7. The summed E-state index contributed by atoms with van der Waals surface area (Å²) in [6, 6.07) is 57.9. The first-order valence-corrected chi connectivity index (χ1v) is 52.0. The molecule has 0 spiro atoms. The third-order valence-electron chi connectivity index (χ3n) is 22.2. The van der Waals surface area contributed by atoms with Gasteiger partial charge < -0.3 is 53.7 Å². The fourth-order valence-electron chi connectivity index (χ4n) is 15.1. The highest BCUT2D eigenvalue weighted by Crippen LogP contribution is 2.36. The number of amides is 3. The van der Waals surface area contributed by atoms with E-state index in [4.69, 9.17) is 45.8 Å². The number of nitriles is 2. The number of ether oxygens (including phenoxy) is 1. The number of rotatable bonds is 15. The van der Waals surface area contributed by atoms with Gasteiger partial charge in [-0.15, -0.1) is 0 Å². The second kappa shape index (κ2) is 62.6. The van der Waals surface area contributed by atoms with Crippen LogP contribution in [0.1, 0.15) is 201 Å². The Morgan fingerprint density at radius 2 is 0.869 bits per heavy atom. The molecule has 5 aromatic carbocycles. The van der Waals surface area contributed by atoms with E-state index in [-0.39, 0.29) is 90.7 Å². The van der Waals surface area contributed by atoms with Crippen LogP contribution in [-0.4, -0.2) is 215 Å². The summed E-state index contributed by atoms with van der Waals surface area (Å²) in [6.45, 7) is 13.8. The number of fused-ring (bicyclic) bond motifs is 1. The summed E-state index contributed by atoms with van der Waals surface area (Å²) in [7, 11) is 15.8. The van der Waals surface area contributed by atoms with Crippen molar-refractivity contribution in [2.45, 2.75) is 172 Å². The third kappa shape index (κ3) is 43.9. The summed E-state index contributed by atoms with van der Waals surface area (Å²) < 4.78 is 152. The molecule has 3 amide bonds. The molecule has 5 fully saturated rings. The quantitative estimate of drug-likeness (QED) is 0.0141. The van der Waals surface area contributed by atoms with Crippen LogP contribution in [0.15, 0.2) is 199 Å².